The molecule has 0 spiro atoms. The van der Waals surface area contributed by atoms with Crippen LogP contribution in [0.5, 0.6) is 0 Å². The van der Waals surface area contributed by atoms with E-state index in [9.17, 15) is 0 Å². The molecule has 0 radical (unpaired) electrons. The molecule has 2 rings (SSSR count). The van der Waals surface area contributed by atoms with Crippen molar-refractivity contribution < 1.29 is 4.74 Å². The Morgan fingerprint density at radius 2 is 1.67 bits per heavy atom. The van der Waals surface area contributed by atoms with Gasteiger partial charge in [0, 0.05) is 18.6 Å². The van der Waals surface area contributed by atoms with Crippen molar-refractivity contribution in [2.24, 2.45) is 0 Å². The summed E-state index contributed by atoms with van der Waals surface area (Å²) in [4.78, 5) is 5.20. The summed E-state index contributed by atoms with van der Waals surface area (Å²) in [6.45, 7) is 12.5. The second-order valence-corrected chi connectivity index (χ2v) is 5.03. The molecule has 0 unspecified atom stereocenters. The smallest absolute Gasteiger partial charge is 0.0594 e. The molecule has 2 aliphatic heterocycles. The minimum atomic E-state index is 0.440. The Morgan fingerprint density at radius 3 is 2.20 bits per heavy atom. The highest BCUT2D eigenvalue weighted by atomic mass is 16.5. The maximum Gasteiger partial charge on any atom is 0.0594 e. The lowest BCUT2D eigenvalue weighted by Gasteiger charge is -2.48. The van der Waals surface area contributed by atoms with Crippen LogP contribution in [0.4, 0.5) is 0 Å². The summed E-state index contributed by atoms with van der Waals surface area (Å²) < 4.78 is 5.43. The summed E-state index contributed by atoms with van der Waals surface area (Å²) in [5, 5.41) is 0. The van der Waals surface area contributed by atoms with E-state index in [1.165, 1.54) is 32.5 Å². The molecule has 0 aromatic rings. The molecule has 3 nitrogen and oxygen atoms in total. The number of rotatable bonds is 2. The zero-order valence-electron chi connectivity index (χ0n) is 10.2. The van der Waals surface area contributed by atoms with Gasteiger partial charge in [-0.2, -0.15) is 0 Å². The van der Waals surface area contributed by atoms with Crippen LogP contribution in [0.2, 0.25) is 0 Å². The number of ether oxygens (including phenoxy) is 1. The fraction of sp³-hybridized carbons (Fsp3) is 1.00. The molecule has 0 saturated carbocycles. The molecular weight excluding hydrogens is 188 g/mol. The quantitative estimate of drug-likeness (QED) is 0.684. The van der Waals surface area contributed by atoms with Gasteiger partial charge in [0.25, 0.3) is 0 Å². The van der Waals surface area contributed by atoms with Crippen LogP contribution in [0.25, 0.3) is 0 Å². The van der Waals surface area contributed by atoms with Crippen molar-refractivity contribution in [3.63, 3.8) is 0 Å². The van der Waals surface area contributed by atoms with Crippen LogP contribution in [-0.2, 0) is 4.74 Å². The second-order valence-electron chi connectivity index (χ2n) is 5.03. The normalized spacial score (nSPS) is 29.2. The van der Waals surface area contributed by atoms with Gasteiger partial charge in [0.1, 0.15) is 0 Å². The fourth-order valence-electron chi connectivity index (χ4n) is 2.77. The molecule has 0 atom stereocenters. The largest absolute Gasteiger partial charge is 0.379 e. The molecule has 88 valence electrons. The molecule has 15 heavy (non-hydrogen) atoms. The Bertz CT molecular complexity index is 194. The van der Waals surface area contributed by atoms with Crippen molar-refractivity contribution in [2.45, 2.75) is 32.2 Å². The molecular formula is C12H24N2O. The first-order valence-corrected chi connectivity index (χ1v) is 6.30. The third-order valence-electron chi connectivity index (χ3n) is 4.15. The van der Waals surface area contributed by atoms with Crippen LogP contribution in [0.3, 0.4) is 0 Å². The minimum absolute atomic E-state index is 0.440. The molecule has 0 amide bonds. The van der Waals surface area contributed by atoms with E-state index in [4.69, 9.17) is 4.74 Å². The van der Waals surface area contributed by atoms with Gasteiger partial charge in [0.05, 0.1) is 13.2 Å². The SMILES string of the molecule is CCN1CCC(C)(N2CCOCC2)CC1. The van der Waals surface area contributed by atoms with E-state index in [0.29, 0.717) is 5.54 Å². The van der Waals surface area contributed by atoms with Gasteiger partial charge in [0.15, 0.2) is 0 Å². The number of morpholine rings is 1. The summed E-state index contributed by atoms with van der Waals surface area (Å²) >= 11 is 0. The van der Waals surface area contributed by atoms with Gasteiger partial charge in [-0.25, -0.2) is 0 Å². The van der Waals surface area contributed by atoms with E-state index in [0.717, 1.165) is 26.3 Å². The van der Waals surface area contributed by atoms with E-state index >= 15 is 0 Å². The van der Waals surface area contributed by atoms with E-state index in [1.807, 2.05) is 0 Å². The lowest BCUT2D eigenvalue weighted by molar-refractivity contribution is -0.0391. The zero-order valence-corrected chi connectivity index (χ0v) is 10.2. The first kappa shape index (κ1) is 11.4. The summed E-state index contributed by atoms with van der Waals surface area (Å²) in [5.41, 5.74) is 0.440. The lowest BCUT2D eigenvalue weighted by atomic mass is 9.87. The Morgan fingerprint density at radius 1 is 1.07 bits per heavy atom. The molecule has 2 saturated heterocycles. The maximum absolute atomic E-state index is 5.43. The third kappa shape index (κ3) is 2.52. The van der Waals surface area contributed by atoms with E-state index < -0.39 is 0 Å². The first-order valence-electron chi connectivity index (χ1n) is 6.30. The highest BCUT2D eigenvalue weighted by molar-refractivity contribution is 4.92. The van der Waals surface area contributed by atoms with E-state index in [2.05, 4.69) is 23.6 Å². The van der Waals surface area contributed by atoms with Crippen LogP contribution >= 0.6 is 0 Å². The highest BCUT2D eigenvalue weighted by Gasteiger charge is 2.35. The second kappa shape index (κ2) is 4.81. The third-order valence-corrected chi connectivity index (χ3v) is 4.15. The summed E-state index contributed by atoms with van der Waals surface area (Å²) in [6.07, 6.45) is 2.64. The first-order chi connectivity index (χ1) is 7.24. The maximum atomic E-state index is 5.43. The molecule has 0 bridgehead atoms. The van der Waals surface area contributed by atoms with Gasteiger partial charge < -0.3 is 9.64 Å². The summed E-state index contributed by atoms with van der Waals surface area (Å²) in [5.74, 6) is 0. The van der Waals surface area contributed by atoms with Crippen LogP contribution < -0.4 is 0 Å². The Hall–Kier alpha value is -0.120. The summed E-state index contributed by atoms with van der Waals surface area (Å²) in [6, 6.07) is 0. The molecule has 0 aliphatic carbocycles. The standard InChI is InChI=1S/C12H24N2O/c1-3-13-6-4-12(2,5-7-13)14-8-10-15-11-9-14/h3-11H2,1-2H3. The van der Waals surface area contributed by atoms with E-state index in [1.54, 1.807) is 0 Å². The highest BCUT2D eigenvalue weighted by Crippen LogP contribution is 2.28. The van der Waals surface area contributed by atoms with Crippen molar-refractivity contribution >= 4 is 0 Å². The zero-order chi connectivity index (χ0) is 10.7. The Labute approximate surface area is 93.4 Å². The monoisotopic (exact) mass is 212 g/mol. The van der Waals surface area contributed by atoms with Gasteiger partial charge in [-0.1, -0.05) is 6.92 Å². The van der Waals surface area contributed by atoms with Gasteiger partial charge in [-0.05, 0) is 39.4 Å². The van der Waals surface area contributed by atoms with Crippen molar-refractivity contribution in [3.8, 4) is 0 Å². The van der Waals surface area contributed by atoms with Crippen molar-refractivity contribution in [1.29, 1.82) is 0 Å². The van der Waals surface area contributed by atoms with Gasteiger partial charge in [-0.3, -0.25) is 4.90 Å². The molecule has 2 fully saturated rings. The molecule has 0 aromatic carbocycles. The fourth-order valence-corrected chi connectivity index (χ4v) is 2.77. The van der Waals surface area contributed by atoms with Crippen LogP contribution in [-0.4, -0.2) is 61.3 Å². The van der Waals surface area contributed by atoms with Gasteiger partial charge in [-0.15, -0.1) is 0 Å². The number of nitrogens with zero attached hydrogens (tertiary/aromatic N) is 2. The molecule has 0 aromatic heterocycles. The van der Waals surface area contributed by atoms with Crippen molar-refractivity contribution in [1.82, 2.24) is 9.80 Å². The predicted molar refractivity (Wildman–Crippen MR) is 62.1 cm³/mol. The number of hydrogen-bond donors (Lipinski definition) is 0. The van der Waals surface area contributed by atoms with Crippen LogP contribution in [0, 0.1) is 0 Å². The number of likely N-dealkylation sites (tertiary alicyclic amines) is 1. The summed E-state index contributed by atoms with van der Waals surface area (Å²) in [7, 11) is 0. The van der Waals surface area contributed by atoms with Crippen LogP contribution in [0.1, 0.15) is 26.7 Å². The van der Waals surface area contributed by atoms with Crippen molar-refractivity contribution in [2.75, 3.05) is 45.9 Å². The minimum Gasteiger partial charge on any atom is -0.379 e. The van der Waals surface area contributed by atoms with Crippen molar-refractivity contribution in [3.05, 3.63) is 0 Å². The Kier molecular flexibility index (Phi) is 3.65. The average molecular weight is 212 g/mol. The Balaban J connectivity index is 1.89. The molecule has 2 heterocycles. The van der Waals surface area contributed by atoms with E-state index in [-0.39, 0.29) is 0 Å². The molecule has 3 heteroatoms. The molecule has 0 N–H and O–H groups in total. The lowest BCUT2D eigenvalue weighted by Crippen LogP contribution is -2.56. The number of piperidine rings is 1. The number of hydrogen-bond acceptors (Lipinski definition) is 3. The topological polar surface area (TPSA) is 15.7 Å². The predicted octanol–water partition coefficient (Wildman–Crippen LogP) is 1.19. The van der Waals surface area contributed by atoms with Gasteiger partial charge >= 0.3 is 0 Å². The molecule has 2 aliphatic rings. The van der Waals surface area contributed by atoms with Crippen LogP contribution in [0.15, 0.2) is 0 Å². The average Bonchev–Trinajstić information content (AvgIpc) is 2.31. The van der Waals surface area contributed by atoms with Gasteiger partial charge in [0.2, 0.25) is 0 Å².